The van der Waals surface area contributed by atoms with E-state index in [1.165, 1.54) is 0 Å². The zero-order valence-corrected chi connectivity index (χ0v) is 17.3. The lowest BCUT2D eigenvalue weighted by Crippen LogP contribution is -2.52. The topological polar surface area (TPSA) is 146 Å². The van der Waals surface area contributed by atoms with Gasteiger partial charge >= 0.3 is 6.03 Å². The first kappa shape index (κ1) is 24.4. The van der Waals surface area contributed by atoms with Gasteiger partial charge in [-0.05, 0) is 49.9 Å². The Morgan fingerprint density at radius 3 is 2.24 bits per heavy atom. The molecule has 0 aromatic heterocycles. The number of carbonyl (C=O) groups is 3. The van der Waals surface area contributed by atoms with Crippen LogP contribution in [0.5, 0.6) is 0 Å². The number of primary amides is 1. The smallest absolute Gasteiger partial charge is 0.312 e. The second-order valence-electron chi connectivity index (χ2n) is 7.20. The van der Waals surface area contributed by atoms with Crippen molar-refractivity contribution >= 4 is 23.5 Å². The van der Waals surface area contributed by atoms with E-state index in [-0.39, 0.29) is 24.3 Å². The first-order valence-electron chi connectivity index (χ1n) is 9.80. The number of nitrogens with two attached hydrogens (primary N) is 1. The predicted octanol–water partition coefficient (Wildman–Crippen LogP) is 0.685. The highest BCUT2D eigenvalue weighted by molar-refractivity contribution is 5.97. The van der Waals surface area contributed by atoms with Crippen LogP contribution in [0.2, 0.25) is 0 Å². The van der Waals surface area contributed by atoms with Crippen molar-refractivity contribution in [2.24, 2.45) is 11.7 Å². The Morgan fingerprint density at radius 2 is 1.72 bits per heavy atom. The Bertz CT molecular complexity index is 663. The summed E-state index contributed by atoms with van der Waals surface area (Å²) in [6.45, 7) is 4.18. The molecule has 1 aromatic carbocycles. The molecule has 0 spiro atoms. The Balaban J connectivity index is 2.76. The van der Waals surface area contributed by atoms with Crippen molar-refractivity contribution in [3.05, 3.63) is 29.8 Å². The highest BCUT2D eigenvalue weighted by atomic mass is 16.3. The average molecular weight is 408 g/mol. The summed E-state index contributed by atoms with van der Waals surface area (Å²) < 4.78 is 0. The highest BCUT2D eigenvalue weighted by Crippen LogP contribution is 2.12. The number of aliphatic hydroxyl groups is 1. The highest BCUT2D eigenvalue weighted by Gasteiger charge is 2.26. The maximum Gasteiger partial charge on any atom is 0.312 e. The molecule has 0 aliphatic rings. The molecular weight excluding hydrogens is 374 g/mol. The normalized spacial score (nSPS) is 12.9. The second-order valence-corrected chi connectivity index (χ2v) is 7.20. The minimum atomic E-state index is -0.719. The molecule has 1 aromatic rings. The van der Waals surface area contributed by atoms with Gasteiger partial charge in [-0.1, -0.05) is 26.0 Å². The molecule has 0 bridgehead atoms. The number of nitrogens with one attached hydrogen (secondary N) is 4. The largest absolute Gasteiger partial charge is 0.392 e. The van der Waals surface area contributed by atoms with E-state index in [2.05, 4.69) is 21.3 Å². The van der Waals surface area contributed by atoms with Gasteiger partial charge in [0.15, 0.2) is 0 Å². The van der Waals surface area contributed by atoms with E-state index in [0.29, 0.717) is 31.5 Å². The van der Waals surface area contributed by atoms with E-state index in [0.717, 1.165) is 5.56 Å². The van der Waals surface area contributed by atoms with Gasteiger partial charge in [0.25, 0.3) is 0 Å². The van der Waals surface area contributed by atoms with E-state index < -0.39 is 18.1 Å². The molecule has 0 radical (unpaired) electrons. The van der Waals surface area contributed by atoms with Crippen molar-refractivity contribution in [3.63, 3.8) is 0 Å². The van der Waals surface area contributed by atoms with Crippen LogP contribution in [0.15, 0.2) is 24.3 Å². The third kappa shape index (κ3) is 8.93. The maximum atomic E-state index is 12.8. The van der Waals surface area contributed by atoms with Crippen molar-refractivity contribution in [1.29, 1.82) is 0 Å². The summed E-state index contributed by atoms with van der Waals surface area (Å²) in [5.74, 6) is -0.500. The molecule has 9 heteroatoms. The van der Waals surface area contributed by atoms with Crippen LogP contribution in [0.4, 0.5) is 10.5 Å². The van der Waals surface area contributed by atoms with Crippen LogP contribution in [0.25, 0.3) is 0 Å². The minimum Gasteiger partial charge on any atom is -0.392 e. The standard InChI is InChI=1S/C20H33N5O4/c1-13(2)17(22-3)19(28)25-16(6-4-5-11-23-20(21)29)18(27)24-15-9-7-14(12-26)8-10-15/h7-10,13,16-17,22,26H,4-6,11-12H2,1-3H3,(H,24,27)(H,25,28)(H3,21,23,29)/t16-,17+/m1/s1. The van der Waals surface area contributed by atoms with Crippen LogP contribution in [0.1, 0.15) is 38.7 Å². The molecule has 0 saturated heterocycles. The first-order chi connectivity index (χ1) is 13.8. The van der Waals surface area contributed by atoms with E-state index >= 15 is 0 Å². The number of urea groups is 1. The number of carbonyl (C=O) groups excluding carboxylic acids is 3. The third-order valence-electron chi connectivity index (χ3n) is 4.52. The van der Waals surface area contributed by atoms with Gasteiger partial charge in [0.2, 0.25) is 11.8 Å². The lowest BCUT2D eigenvalue weighted by atomic mass is 10.0. The maximum absolute atomic E-state index is 12.8. The molecule has 29 heavy (non-hydrogen) atoms. The Hall–Kier alpha value is -2.65. The van der Waals surface area contributed by atoms with Crippen LogP contribution >= 0.6 is 0 Å². The fraction of sp³-hybridized carbons (Fsp3) is 0.550. The van der Waals surface area contributed by atoms with Gasteiger partial charge in [-0.15, -0.1) is 0 Å². The van der Waals surface area contributed by atoms with Crippen LogP contribution in [0, 0.1) is 5.92 Å². The quantitative estimate of drug-likeness (QED) is 0.282. The first-order valence-corrected chi connectivity index (χ1v) is 9.80. The summed E-state index contributed by atoms with van der Waals surface area (Å²) in [5.41, 5.74) is 6.36. The van der Waals surface area contributed by atoms with E-state index in [1.54, 1.807) is 31.3 Å². The van der Waals surface area contributed by atoms with Gasteiger partial charge in [-0.3, -0.25) is 9.59 Å². The number of anilines is 1. The van der Waals surface area contributed by atoms with Crippen LogP contribution in [-0.2, 0) is 16.2 Å². The fourth-order valence-corrected chi connectivity index (χ4v) is 2.91. The number of benzene rings is 1. The molecule has 0 aliphatic carbocycles. The summed E-state index contributed by atoms with van der Waals surface area (Å²) in [4.78, 5) is 36.1. The number of unbranched alkanes of at least 4 members (excludes halogenated alkanes) is 1. The third-order valence-corrected chi connectivity index (χ3v) is 4.52. The number of rotatable bonds is 12. The number of likely N-dealkylation sites (N-methyl/N-ethyl adjacent to an activating group) is 1. The fourth-order valence-electron chi connectivity index (χ4n) is 2.91. The Morgan fingerprint density at radius 1 is 1.07 bits per heavy atom. The van der Waals surface area contributed by atoms with Crippen LogP contribution < -0.4 is 27.0 Å². The van der Waals surface area contributed by atoms with E-state index in [4.69, 9.17) is 10.8 Å². The molecule has 4 amide bonds. The Kier molecular flexibility index (Phi) is 10.7. The molecule has 0 aliphatic heterocycles. The minimum absolute atomic E-state index is 0.0644. The van der Waals surface area contributed by atoms with Crippen LogP contribution in [-0.4, -0.2) is 48.6 Å². The van der Waals surface area contributed by atoms with Gasteiger partial charge in [-0.2, -0.15) is 0 Å². The van der Waals surface area contributed by atoms with Gasteiger partial charge in [-0.25, -0.2) is 4.79 Å². The van der Waals surface area contributed by atoms with E-state index in [9.17, 15) is 14.4 Å². The molecule has 7 N–H and O–H groups in total. The molecule has 2 atom stereocenters. The second kappa shape index (κ2) is 12.7. The molecule has 0 saturated carbocycles. The molecular formula is C20H33N5O4. The SMILES string of the molecule is CN[C@H](C(=O)N[C@H](CCCCNC(N)=O)C(=O)Nc1ccc(CO)cc1)C(C)C. The lowest BCUT2D eigenvalue weighted by Gasteiger charge is -2.24. The van der Waals surface area contributed by atoms with Gasteiger partial charge < -0.3 is 32.1 Å². The number of hydrogen-bond donors (Lipinski definition) is 6. The molecule has 0 fully saturated rings. The van der Waals surface area contributed by atoms with Crippen molar-refractivity contribution in [3.8, 4) is 0 Å². The summed E-state index contributed by atoms with van der Waals surface area (Å²) >= 11 is 0. The van der Waals surface area contributed by atoms with Gasteiger partial charge in [0, 0.05) is 12.2 Å². The van der Waals surface area contributed by atoms with E-state index in [1.807, 2.05) is 13.8 Å². The summed E-state index contributed by atoms with van der Waals surface area (Å²) in [7, 11) is 1.71. The Labute approximate surface area is 171 Å². The summed E-state index contributed by atoms with van der Waals surface area (Å²) in [5, 5.41) is 20.2. The molecule has 0 unspecified atom stereocenters. The predicted molar refractivity (Wildman–Crippen MR) is 112 cm³/mol. The zero-order chi connectivity index (χ0) is 21.8. The molecule has 1 rings (SSSR count). The summed E-state index contributed by atoms with van der Waals surface area (Å²) in [6.07, 6.45) is 1.67. The zero-order valence-electron chi connectivity index (χ0n) is 17.3. The van der Waals surface area contributed by atoms with Crippen molar-refractivity contribution in [2.45, 2.75) is 51.8 Å². The van der Waals surface area contributed by atoms with Crippen molar-refractivity contribution < 1.29 is 19.5 Å². The number of amides is 4. The number of hydrogen-bond acceptors (Lipinski definition) is 5. The molecule has 162 valence electrons. The van der Waals surface area contributed by atoms with Crippen molar-refractivity contribution in [2.75, 3.05) is 18.9 Å². The lowest BCUT2D eigenvalue weighted by molar-refractivity contribution is -0.128. The molecule has 0 heterocycles. The van der Waals surface area contributed by atoms with Gasteiger partial charge in [0.05, 0.1) is 12.6 Å². The summed E-state index contributed by atoms with van der Waals surface area (Å²) in [6, 6.07) is 5.11. The van der Waals surface area contributed by atoms with Crippen LogP contribution in [0.3, 0.4) is 0 Å². The average Bonchev–Trinajstić information content (AvgIpc) is 2.67. The van der Waals surface area contributed by atoms with Gasteiger partial charge in [0.1, 0.15) is 6.04 Å². The van der Waals surface area contributed by atoms with Crippen molar-refractivity contribution in [1.82, 2.24) is 16.0 Å². The number of aliphatic hydroxyl groups excluding tert-OH is 1. The monoisotopic (exact) mass is 407 g/mol. The molecule has 9 nitrogen and oxygen atoms in total.